The van der Waals surface area contributed by atoms with Gasteiger partial charge in [-0.15, -0.1) is 0 Å². The molecule has 1 aromatic carbocycles. The molecule has 0 spiro atoms. The highest BCUT2D eigenvalue weighted by atomic mass is 16.5. The van der Waals surface area contributed by atoms with Crippen LogP contribution in [0.25, 0.3) is 0 Å². The number of carbonyl (C=O) groups is 3. The van der Waals surface area contributed by atoms with Gasteiger partial charge in [-0.3, -0.25) is 25.2 Å². The van der Waals surface area contributed by atoms with Crippen LogP contribution in [0.15, 0.2) is 24.3 Å². The second-order valence-corrected chi connectivity index (χ2v) is 7.56. The molecule has 0 saturated carbocycles. The third-order valence-electron chi connectivity index (χ3n) is 4.77. The average Bonchev–Trinajstić information content (AvgIpc) is 2.94. The highest BCUT2D eigenvalue weighted by molar-refractivity contribution is 6.05. The van der Waals surface area contributed by atoms with Crippen molar-refractivity contribution in [1.82, 2.24) is 15.8 Å². The van der Waals surface area contributed by atoms with Gasteiger partial charge in [-0.2, -0.15) is 0 Å². The molecule has 7 nitrogen and oxygen atoms in total. The smallest absolute Gasteiger partial charge is 0.286 e. The monoisotopic (exact) mass is 369 g/mol. The molecule has 27 heavy (non-hydrogen) atoms. The van der Waals surface area contributed by atoms with Gasteiger partial charge in [-0.1, -0.05) is 13.8 Å². The number of aromatic nitrogens is 1. The van der Waals surface area contributed by atoms with Crippen molar-refractivity contribution in [3.63, 3.8) is 0 Å². The number of hydrogen-bond donors (Lipinski definition) is 3. The lowest BCUT2D eigenvalue weighted by atomic mass is 9.75. The summed E-state index contributed by atoms with van der Waals surface area (Å²) in [6, 6.07) is 6.51. The standard InChI is InChI=1S/C20H23N3O4/c1-11-16-14(9-20(2,3)10-15(16)24)21-17(11)19(26)23-22-18(25)12-5-7-13(27-4)8-6-12/h5-8,21H,9-10H2,1-4H3,(H,22,25)(H,23,26). The number of rotatable bonds is 3. The van der Waals surface area contributed by atoms with Gasteiger partial charge in [0.2, 0.25) is 0 Å². The van der Waals surface area contributed by atoms with Gasteiger partial charge in [-0.05, 0) is 48.6 Å². The second kappa shape index (κ2) is 6.90. The number of nitrogens with one attached hydrogen (secondary N) is 3. The molecule has 2 aromatic rings. The molecule has 0 fully saturated rings. The summed E-state index contributed by atoms with van der Waals surface area (Å²) in [5.41, 5.74) is 7.31. The lowest BCUT2D eigenvalue weighted by Gasteiger charge is -2.28. The Kier molecular flexibility index (Phi) is 4.78. The summed E-state index contributed by atoms with van der Waals surface area (Å²) in [7, 11) is 1.54. The van der Waals surface area contributed by atoms with E-state index >= 15 is 0 Å². The van der Waals surface area contributed by atoms with E-state index in [-0.39, 0.29) is 11.2 Å². The fourth-order valence-corrected chi connectivity index (χ4v) is 3.45. The topological polar surface area (TPSA) is 100 Å². The molecule has 1 heterocycles. The van der Waals surface area contributed by atoms with Crippen molar-refractivity contribution in [2.75, 3.05) is 7.11 Å². The van der Waals surface area contributed by atoms with Gasteiger partial charge >= 0.3 is 0 Å². The van der Waals surface area contributed by atoms with Crippen LogP contribution in [0.2, 0.25) is 0 Å². The van der Waals surface area contributed by atoms with Crippen LogP contribution in [-0.4, -0.2) is 29.7 Å². The number of ether oxygens (including phenoxy) is 1. The summed E-state index contributed by atoms with van der Waals surface area (Å²) in [4.78, 5) is 40.2. The molecule has 0 aliphatic heterocycles. The number of ketones is 1. The summed E-state index contributed by atoms with van der Waals surface area (Å²) < 4.78 is 5.05. The van der Waals surface area contributed by atoms with E-state index in [9.17, 15) is 14.4 Å². The Balaban J connectivity index is 1.72. The first kappa shape index (κ1) is 18.7. The Morgan fingerprint density at radius 3 is 2.33 bits per heavy atom. The number of amides is 2. The Morgan fingerprint density at radius 1 is 1.07 bits per heavy atom. The summed E-state index contributed by atoms with van der Waals surface area (Å²) in [5.74, 6) is -0.265. The number of H-pyrrole nitrogens is 1. The number of hydrazine groups is 1. The maximum Gasteiger partial charge on any atom is 0.286 e. The van der Waals surface area contributed by atoms with Crippen LogP contribution < -0.4 is 15.6 Å². The number of carbonyl (C=O) groups excluding carboxylic acids is 3. The molecule has 3 rings (SSSR count). The fraction of sp³-hybridized carbons (Fsp3) is 0.350. The highest BCUT2D eigenvalue weighted by Crippen LogP contribution is 2.36. The van der Waals surface area contributed by atoms with Crippen molar-refractivity contribution in [2.45, 2.75) is 33.6 Å². The van der Waals surface area contributed by atoms with E-state index in [0.717, 1.165) is 5.69 Å². The number of fused-ring (bicyclic) bond motifs is 1. The van der Waals surface area contributed by atoms with Crippen molar-refractivity contribution in [3.8, 4) is 5.75 Å². The second-order valence-electron chi connectivity index (χ2n) is 7.56. The maximum atomic E-state index is 12.5. The Morgan fingerprint density at radius 2 is 1.70 bits per heavy atom. The predicted octanol–water partition coefficient (Wildman–Crippen LogP) is 2.56. The zero-order chi connectivity index (χ0) is 19.8. The quantitative estimate of drug-likeness (QED) is 0.724. The molecular formula is C20H23N3O4. The van der Waals surface area contributed by atoms with Crippen LogP contribution in [0.1, 0.15) is 62.7 Å². The summed E-state index contributed by atoms with van der Waals surface area (Å²) in [6.07, 6.45) is 1.15. The predicted molar refractivity (Wildman–Crippen MR) is 99.9 cm³/mol. The molecule has 1 aliphatic rings. The number of hydrogen-bond acceptors (Lipinski definition) is 4. The van der Waals surface area contributed by atoms with Gasteiger partial charge in [-0.25, -0.2) is 0 Å². The van der Waals surface area contributed by atoms with Gasteiger partial charge in [0.25, 0.3) is 11.8 Å². The van der Waals surface area contributed by atoms with Gasteiger partial charge in [0.1, 0.15) is 11.4 Å². The first-order chi connectivity index (χ1) is 12.7. The van der Waals surface area contributed by atoms with Crippen LogP contribution in [0.4, 0.5) is 0 Å². The molecule has 0 radical (unpaired) electrons. The van der Waals surface area contributed by atoms with Crippen LogP contribution >= 0.6 is 0 Å². The third-order valence-corrected chi connectivity index (χ3v) is 4.77. The van der Waals surface area contributed by atoms with E-state index in [1.54, 1.807) is 38.3 Å². The molecule has 0 saturated heterocycles. The highest BCUT2D eigenvalue weighted by Gasteiger charge is 2.35. The number of benzene rings is 1. The van der Waals surface area contributed by atoms with E-state index in [2.05, 4.69) is 15.8 Å². The molecule has 1 aromatic heterocycles. The van der Waals surface area contributed by atoms with Crippen molar-refractivity contribution >= 4 is 17.6 Å². The van der Waals surface area contributed by atoms with E-state index in [4.69, 9.17) is 4.74 Å². The Labute approximate surface area is 157 Å². The van der Waals surface area contributed by atoms with Crippen LogP contribution in [0, 0.1) is 12.3 Å². The van der Waals surface area contributed by atoms with Crippen LogP contribution in [0.5, 0.6) is 5.75 Å². The fourth-order valence-electron chi connectivity index (χ4n) is 3.45. The molecule has 1 aliphatic carbocycles. The number of aromatic amines is 1. The molecule has 0 unspecified atom stereocenters. The third kappa shape index (κ3) is 3.72. The van der Waals surface area contributed by atoms with Crippen molar-refractivity contribution in [2.24, 2.45) is 5.41 Å². The first-order valence-electron chi connectivity index (χ1n) is 8.71. The molecular weight excluding hydrogens is 346 g/mol. The van der Waals surface area contributed by atoms with Crippen molar-refractivity contribution in [3.05, 3.63) is 52.3 Å². The zero-order valence-electron chi connectivity index (χ0n) is 15.9. The summed E-state index contributed by atoms with van der Waals surface area (Å²) >= 11 is 0. The molecule has 7 heteroatoms. The van der Waals surface area contributed by atoms with Crippen molar-refractivity contribution < 1.29 is 19.1 Å². The number of Topliss-reactive ketones (excluding diaryl/α,β-unsaturated/α-hetero) is 1. The van der Waals surface area contributed by atoms with Gasteiger partial charge in [0.05, 0.1) is 7.11 Å². The minimum Gasteiger partial charge on any atom is -0.497 e. The summed E-state index contributed by atoms with van der Waals surface area (Å²) in [5, 5.41) is 0. The lowest BCUT2D eigenvalue weighted by Crippen LogP contribution is -2.42. The largest absolute Gasteiger partial charge is 0.497 e. The molecule has 142 valence electrons. The zero-order valence-corrected chi connectivity index (χ0v) is 15.9. The van der Waals surface area contributed by atoms with E-state index in [1.807, 2.05) is 13.8 Å². The lowest BCUT2D eigenvalue weighted by molar-refractivity contribution is 0.0843. The minimum atomic E-state index is -0.491. The Hall–Kier alpha value is -3.09. The SMILES string of the molecule is COc1ccc(C(=O)NNC(=O)c2[nH]c3c(c2C)C(=O)CC(C)(C)C3)cc1. The van der Waals surface area contributed by atoms with Gasteiger partial charge < -0.3 is 9.72 Å². The first-order valence-corrected chi connectivity index (χ1v) is 8.71. The maximum absolute atomic E-state index is 12.5. The Bertz CT molecular complexity index is 910. The van der Waals surface area contributed by atoms with E-state index in [1.165, 1.54) is 0 Å². The van der Waals surface area contributed by atoms with Gasteiger partial charge in [0, 0.05) is 23.2 Å². The van der Waals surface area contributed by atoms with E-state index < -0.39 is 11.8 Å². The van der Waals surface area contributed by atoms with E-state index in [0.29, 0.717) is 41.0 Å². The minimum absolute atomic E-state index is 0.0383. The molecule has 0 atom stereocenters. The van der Waals surface area contributed by atoms with Crippen LogP contribution in [-0.2, 0) is 6.42 Å². The summed E-state index contributed by atoms with van der Waals surface area (Å²) in [6.45, 7) is 5.80. The number of methoxy groups -OCH3 is 1. The van der Waals surface area contributed by atoms with Crippen LogP contribution in [0.3, 0.4) is 0 Å². The molecule has 3 N–H and O–H groups in total. The van der Waals surface area contributed by atoms with Gasteiger partial charge in [0.15, 0.2) is 5.78 Å². The average molecular weight is 369 g/mol. The normalized spacial score (nSPS) is 15.0. The molecule has 2 amide bonds. The molecule has 0 bridgehead atoms. The van der Waals surface area contributed by atoms with Crippen molar-refractivity contribution in [1.29, 1.82) is 0 Å².